The summed E-state index contributed by atoms with van der Waals surface area (Å²) in [6.07, 6.45) is 1.42. The summed E-state index contributed by atoms with van der Waals surface area (Å²) in [5.74, 6) is -1.28. The second-order valence-corrected chi connectivity index (χ2v) is 9.44. The van der Waals surface area contributed by atoms with Gasteiger partial charge in [-0.1, -0.05) is 26.0 Å². The number of carbonyl (C=O) groups is 3. The highest BCUT2D eigenvalue weighted by Crippen LogP contribution is 2.40. The number of amides is 1. The van der Waals surface area contributed by atoms with Crippen molar-refractivity contribution in [3.05, 3.63) is 70.3 Å². The minimum atomic E-state index is -0.771. The fourth-order valence-corrected chi connectivity index (χ4v) is 5.11. The van der Waals surface area contributed by atoms with E-state index in [1.54, 1.807) is 36.4 Å². The van der Waals surface area contributed by atoms with Gasteiger partial charge in [0, 0.05) is 18.5 Å². The molecule has 1 amide bonds. The van der Waals surface area contributed by atoms with E-state index in [0.29, 0.717) is 36.1 Å². The highest BCUT2D eigenvalue weighted by Gasteiger charge is 2.46. The molecule has 0 aliphatic carbocycles. The topological polar surface area (TPSA) is 96.4 Å². The zero-order chi connectivity index (χ0) is 26.7. The number of Topliss-reactive ketones (excluding diaryl/α,β-unsaturated/α-hetero) is 1. The van der Waals surface area contributed by atoms with Gasteiger partial charge in [0.15, 0.2) is 0 Å². The molecule has 0 spiro atoms. The van der Waals surface area contributed by atoms with Gasteiger partial charge in [-0.25, -0.2) is 4.79 Å². The predicted octanol–water partition coefficient (Wildman–Crippen LogP) is 3.95. The van der Waals surface area contributed by atoms with Gasteiger partial charge in [-0.2, -0.15) is 0 Å². The highest BCUT2D eigenvalue weighted by atomic mass is 16.5. The number of likely N-dealkylation sites (tertiary alicyclic amines) is 1. The molecule has 8 heteroatoms. The predicted molar refractivity (Wildman–Crippen MR) is 139 cm³/mol. The number of fused-ring (bicyclic) bond motifs is 1. The number of aliphatic hydroxyl groups excluding tert-OH is 1. The maximum Gasteiger partial charge on any atom is 0.337 e. The molecule has 4 rings (SSSR count). The monoisotopic (exact) mass is 506 g/mol. The zero-order valence-corrected chi connectivity index (χ0v) is 21.8. The molecule has 1 N–H and O–H groups in total. The Labute approximate surface area is 217 Å². The first-order valence-corrected chi connectivity index (χ1v) is 12.8. The van der Waals surface area contributed by atoms with Crippen LogP contribution in [0.2, 0.25) is 0 Å². The molecule has 2 heterocycles. The summed E-state index contributed by atoms with van der Waals surface area (Å²) in [5.41, 5.74) is 2.45. The number of esters is 1. The molecular weight excluding hydrogens is 472 g/mol. The molecule has 0 aromatic heterocycles. The molecular formula is C29H34N2O6. The Morgan fingerprint density at radius 1 is 1.11 bits per heavy atom. The summed E-state index contributed by atoms with van der Waals surface area (Å²) in [7, 11) is 1.31. The van der Waals surface area contributed by atoms with Crippen molar-refractivity contribution in [3.8, 4) is 5.75 Å². The van der Waals surface area contributed by atoms with Crippen LogP contribution in [0, 0.1) is 0 Å². The number of hydrogen-bond donors (Lipinski definition) is 1. The zero-order valence-electron chi connectivity index (χ0n) is 21.8. The summed E-state index contributed by atoms with van der Waals surface area (Å²) >= 11 is 0. The van der Waals surface area contributed by atoms with E-state index < -0.39 is 23.7 Å². The third kappa shape index (κ3) is 5.25. The van der Waals surface area contributed by atoms with Crippen LogP contribution in [0.15, 0.2) is 48.0 Å². The van der Waals surface area contributed by atoms with E-state index in [4.69, 9.17) is 9.47 Å². The van der Waals surface area contributed by atoms with E-state index >= 15 is 0 Å². The van der Waals surface area contributed by atoms with Gasteiger partial charge in [0.25, 0.3) is 11.7 Å². The number of ketones is 1. The van der Waals surface area contributed by atoms with Gasteiger partial charge in [0.05, 0.1) is 24.3 Å². The van der Waals surface area contributed by atoms with E-state index in [0.717, 1.165) is 30.9 Å². The number of rotatable bonds is 9. The van der Waals surface area contributed by atoms with Crippen LogP contribution < -0.4 is 4.74 Å². The summed E-state index contributed by atoms with van der Waals surface area (Å²) in [4.78, 5) is 42.3. The van der Waals surface area contributed by atoms with Crippen molar-refractivity contribution in [1.29, 1.82) is 0 Å². The Hall–Kier alpha value is -3.65. The molecule has 2 aromatic rings. The molecule has 8 nitrogen and oxygen atoms in total. The molecule has 0 unspecified atom stereocenters. The van der Waals surface area contributed by atoms with Crippen LogP contribution in [-0.4, -0.2) is 72.0 Å². The van der Waals surface area contributed by atoms with Gasteiger partial charge < -0.3 is 24.4 Å². The van der Waals surface area contributed by atoms with Crippen molar-refractivity contribution >= 4 is 23.4 Å². The highest BCUT2D eigenvalue weighted by molar-refractivity contribution is 6.46. The number of nitrogens with zero attached hydrogens (tertiary/aromatic N) is 2. The Morgan fingerprint density at radius 3 is 2.43 bits per heavy atom. The maximum absolute atomic E-state index is 13.3. The number of ether oxygens (including phenoxy) is 2. The van der Waals surface area contributed by atoms with Crippen LogP contribution in [0.4, 0.5) is 0 Å². The number of carbonyl (C=O) groups excluding carboxylic acids is 3. The average molecular weight is 507 g/mol. The van der Waals surface area contributed by atoms with Crippen molar-refractivity contribution in [2.75, 3.05) is 33.3 Å². The lowest BCUT2D eigenvalue weighted by Crippen LogP contribution is -2.33. The fourth-order valence-electron chi connectivity index (χ4n) is 5.11. The first-order chi connectivity index (χ1) is 17.8. The standard InChI is InChI=1S/C29H34N2O6/c1-5-30(6-2)14-7-15-31-25(19-8-10-20(11-9-19)29(35)36-4)24(27(33)28(31)34)26(32)21-12-13-23-22(17-21)16-18(3)37-23/h8-13,17-18,25,32H,5-7,14-16H2,1-4H3/b26-24+/t18-,25-/m0/s1. The number of aliphatic hydroxyl groups is 1. The fraction of sp³-hybridized carbons (Fsp3) is 0.414. The molecule has 2 aromatic carbocycles. The molecule has 0 bridgehead atoms. The summed E-state index contributed by atoms with van der Waals surface area (Å²) in [6, 6.07) is 11.1. The Morgan fingerprint density at radius 2 is 1.78 bits per heavy atom. The smallest absolute Gasteiger partial charge is 0.337 e. The molecule has 196 valence electrons. The minimum Gasteiger partial charge on any atom is -0.507 e. The summed E-state index contributed by atoms with van der Waals surface area (Å²) in [6.45, 7) is 9.08. The van der Waals surface area contributed by atoms with Gasteiger partial charge in [0.2, 0.25) is 0 Å². The summed E-state index contributed by atoms with van der Waals surface area (Å²) in [5, 5.41) is 11.4. The van der Waals surface area contributed by atoms with E-state index in [2.05, 4.69) is 18.7 Å². The van der Waals surface area contributed by atoms with Crippen LogP contribution in [0.5, 0.6) is 5.75 Å². The Balaban J connectivity index is 1.74. The number of benzene rings is 2. The van der Waals surface area contributed by atoms with Crippen molar-refractivity contribution in [2.45, 2.75) is 45.8 Å². The second kappa shape index (κ2) is 11.2. The molecule has 2 aliphatic heterocycles. The first kappa shape index (κ1) is 26.4. The lowest BCUT2D eigenvalue weighted by Gasteiger charge is -2.27. The lowest BCUT2D eigenvalue weighted by atomic mass is 9.94. The maximum atomic E-state index is 13.3. The van der Waals surface area contributed by atoms with E-state index in [-0.39, 0.29) is 17.4 Å². The molecule has 2 atom stereocenters. The molecule has 2 aliphatic rings. The van der Waals surface area contributed by atoms with Crippen molar-refractivity contribution < 1.29 is 29.0 Å². The minimum absolute atomic E-state index is 0.0390. The van der Waals surface area contributed by atoms with Crippen molar-refractivity contribution in [2.24, 2.45) is 0 Å². The van der Waals surface area contributed by atoms with Crippen LogP contribution in [-0.2, 0) is 20.7 Å². The summed E-state index contributed by atoms with van der Waals surface area (Å²) < 4.78 is 10.6. The van der Waals surface area contributed by atoms with Crippen LogP contribution in [0.3, 0.4) is 0 Å². The van der Waals surface area contributed by atoms with Gasteiger partial charge >= 0.3 is 5.97 Å². The average Bonchev–Trinajstić information content (AvgIpc) is 3.41. The van der Waals surface area contributed by atoms with Gasteiger partial charge in [-0.05, 0) is 74.4 Å². The van der Waals surface area contributed by atoms with E-state index in [9.17, 15) is 19.5 Å². The molecule has 0 radical (unpaired) electrons. The second-order valence-electron chi connectivity index (χ2n) is 9.44. The van der Waals surface area contributed by atoms with Crippen LogP contribution >= 0.6 is 0 Å². The largest absolute Gasteiger partial charge is 0.507 e. The lowest BCUT2D eigenvalue weighted by molar-refractivity contribution is -0.140. The normalized spacial score (nSPS) is 20.3. The van der Waals surface area contributed by atoms with Crippen LogP contribution in [0.1, 0.15) is 60.3 Å². The van der Waals surface area contributed by atoms with Crippen molar-refractivity contribution in [3.63, 3.8) is 0 Å². The number of methoxy groups -OCH3 is 1. The first-order valence-electron chi connectivity index (χ1n) is 12.8. The van der Waals surface area contributed by atoms with Gasteiger partial charge in [-0.3, -0.25) is 9.59 Å². The molecule has 37 heavy (non-hydrogen) atoms. The van der Waals surface area contributed by atoms with Crippen molar-refractivity contribution in [1.82, 2.24) is 9.80 Å². The quantitative estimate of drug-likeness (QED) is 0.238. The Kier molecular flexibility index (Phi) is 7.97. The molecule has 0 saturated carbocycles. The SMILES string of the molecule is CCN(CC)CCCN1C(=O)C(=O)/C(=C(/O)c2ccc3c(c2)C[C@H](C)O3)[C@@H]1c1ccc(C(=O)OC)cc1. The number of hydrogen-bond acceptors (Lipinski definition) is 7. The van der Waals surface area contributed by atoms with Gasteiger partial charge in [0.1, 0.15) is 17.6 Å². The Bertz CT molecular complexity index is 1220. The van der Waals surface area contributed by atoms with Gasteiger partial charge in [-0.15, -0.1) is 0 Å². The third-order valence-corrected chi connectivity index (χ3v) is 7.12. The van der Waals surface area contributed by atoms with E-state index in [1.807, 2.05) is 13.0 Å². The molecule has 1 fully saturated rings. The van der Waals surface area contributed by atoms with E-state index in [1.165, 1.54) is 12.0 Å². The molecule has 1 saturated heterocycles. The van der Waals surface area contributed by atoms with Crippen LogP contribution in [0.25, 0.3) is 5.76 Å². The third-order valence-electron chi connectivity index (χ3n) is 7.12.